The van der Waals surface area contributed by atoms with Gasteiger partial charge >= 0.3 is 5.97 Å². The topological polar surface area (TPSA) is 50.1 Å². The molecule has 0 aromatic carbocycles. The van der Waals surface area contributed by atoms with E-state index in [9.17, 15) is 4.79 Å². The molecule has 0 unspecified atom stereocenters. The first-order valence-corrected chi connectivity index (χ1v) is 7.27. The molecule has 2 aromatic rings. The Kier molecular flexibility index (Phi) is 3.79. The van der Waals surface area contributed by atoms with Gasteiger partial charge in [-0.15, -0.1) is 0 Å². The van der Waals surface area contributed by atoms with Gasteiger partial charge < -0.3 is 14.5 Å². The second kappa shape index (κ2) is 5.73. The van der Waals surface area contributed by atoms with Gasteiger partial charge in [0.05, 0.1) is 12.8 Å². The number of pyridine rings is 1. The van der Waals surface area contributed by atoms with E-state index in [1.807, 2.05) is 18.3 Å². The lowest BCUT2D eigenvalue weighted by molar-refractivity contribution is 0.0518. The highest BCUT2D eigenvalue weighted by Gasteiger charge is 2.17. The third-order valence-electron chi connectivity index (χ3n) is 3.85. The fraction of sp³-hybridized carbons (Fsp3) is 0.467. The third kappa shape index (κ3) is 2.71. The summed E-state index contributed by atoms with van der Waals surface area (Å²) < 4.78 is 6.81. The van der Waals surface area contributed by atoms with Crippen LogP contribution < -0.4 is 4.90 Å². The second-order valence-electron chi connectivity index (χ2n) is 5.27. The number of hydrogen-bond donors (Lipinski definition) is 0. The molecule has 6 heteroatoms. The molecule has 0 N–H and O–H groups in total. The Morgan fingerprint density at radius 1 is 1.33 bits per heavy atom. The summed E-state index contributed by atoms with van der Waals surface area (Å²) in [6.07, 6.45) is 3.46. The van der Waals surface area contributed by atoms with Crippen LogP contribution in [0.2, 0.25) is 0 Å². The number of likely N-dealkylation sites (N-methyl/N-ethyl adjacent to an activating group) is 1. The van der Waals surface area contributed by atoms with Crippen molar-refractivity contribution < 1.29 is 9.53 Å². The van der Waals surface area contributed by atoms with E-state index in [2.05, 4.69) is 21.8 Å². The third-order valence-corrected chi connectivity index (χ3v) is 3.85. The minimum absolute atomic E-state index is 0.336. The molecular weight excluding hydrogens is 268 g/mol. The molecule has 1 saturated heterocycles. The van der Waals surface area contributed by atoms with Gasteiger partial charge in [0.15, 0.2) is 5.69 Å². The van der Waals surface area contributed by atoms with E-state index in [4.69, 9.17) is 4.74 Å². The monoisotopic (exact) mass is 288 g/mol. The van der Waals surface area contributed by atoms with Crippen molar-refractivity contribution in [2.75, 3.05) is 44.7 Å². The van der Waals surface area contributed by atoms with Crippen molar-refractivity contribution in [2.45, 2.75) is 6.92 Å². The van der Waals surface area contributed by atoms with Crippen LogP contribution in [0.15, 0.2) is 24.5 Å². The zero-order valence-corrected chi connectivity index (χ0v) is 12.5. The van der Waals surface area contributed by atoms with E-state index >= 15 is 0 Å². The Labute approximate surface area is 123 Å². The molecule has 0 saturated carbocycles. The highest BCUT2D eigenvalue weighted by atomic mass is 16.5. The molecule has 0 atom stereocenters. The fourth-order valence-electron chi connectivity index (χ4n) is 2.59. The van der Waals surface area contributed by atoms with Crippen LogP contribution in [0.4, 0.5) is 5.69 Å². The van der Waals surface area contributed by atoms with Crippen LogP contribution >= 0.6 is 0 Å². The molecule has 3 rings (SSSR count). The normalized spacial score (nSPS) is 16.4. The van der Waals surface area contributed by atoms with Crippen LogP contribution in [0.5, 0.6) is 0 Å². The molecule has 21 heavy (non-hydrogen) atoms. The molecule has 6 nitrogen and oxygen atoms in total. The van der Waals surface area contributed by atoms with Gasteiger partial charge in [0.25, 0.3) is 0 Å². The zero-order chi connectivity index (χ0) is 14.8. The smallest absolute Gasteiger partial charge is 0.356 e. The number of imidazole rings is 1. The molecule has 1 fully saturated rings. The molecule has 0 amide bonds. The molecule has 112 valence electrons. The van der Waals surface area contributed by atoms with Crippen molar-refractivity contribution in [1.29, 1.82) is 0 Å². The van der Waals surface area contributed by atoms with Gasteiger partial charge in [0.2, 0.25) is 0 Å². The minimum Gasteiger partial charge on any atom is -0.461 e. The van der Waals surface area contributed by atoms with E-state index in [-0.39, 0.29) is 5.97 Å². The van der Waals surface area contributed by atoms with Crippen LogP contribution in [0.3, 0.4) is 0 Å². The Hall–Kier alpha value is -2.08. The zero-order valence-electron chi connectivity index (χ0n) is 12.5. The average Bonchev–Trinajstić information content (AvgIpc) is 2.91. The van der Waals surface area contributed by atoms with Crippen LogP contribution in [0, 0.1) is 0 Å². The summed E-state index contributed by atoms with van der Waals surface area (Å²) in [5.41, 5.74) is 2.39. The highest BCUT2D eigenvalue weighted by Crippen LogP contribution is 2.19. The lowest BCUT2D eigenvalue weighted by Crippen LogP contribution is -2.44. The molecule has 0 spiro atoms. The van der Waals surface area contributed by atoms with E-state index in [1.165, 1.54) is 0 Å². The van der Waals surface area contributed by atoms with E-state index < -0.39 is 0 Å². The molecule has 0 aliphatic carbocycles. The van der Waals surface area contributed by atoms with E-state index in [0.29, 0.717) is 12.3 Å². The maximum absolute atomic E-state index is 11.8. The largest absolute Gasteiger partial charge is 0.461 e. The van der Waals surface area contributed by atoms with E-state index in [0.717, 1.165) is 37.5 Å². The summed E-state index contributed by atoms with van der Waals surface area (Å²) >= 11 is 0. The standard InChI is InChI=1S/C15H20N4O2/c1-3-21-15(20)13-11-16-14-10-12(4-5-19(13)14)18-8-6-17(2)7-9-18/h4-5,10-11H,3,6-9H2,1-2H3. The van der Waals surface area contributed by atoms with Crippen molar-refractivity contribution >= 4 is 17.3 Å². The lowest BCUT2D eigenvalue weighted by Gasteiger charge is -2.34. The highest BCUT2D eigenvalue weighted by molar-refractivity contribution is 5.88. The van der Waals surface area contributed by atoms with Crippen molar-refractivity contribution in [3.63, 3.8) is 0 Å². The van der Waals surface area contributed by atoms with Crippen LogP contribution in [0.1, 0.15) is 17.4 Å². The molecule has 3 heterocycles. The van der Waals surface area contributed by atoms with Crippen LogP contribution in [0.25, 0.3) is 5.65 Å². The first-order valence-electron chi connectivity index (χ1n) is 7.27. The van der Waals surface area contributed by atoms with Crippen LogP contribution in [-0.2, 0) is 4.74 Å². The summed E-state index contributed by atoms with van der Waals surface area (Å²) in [6, 6.07) is 4.05. The Morgan fingerprint density at radius 3 is 2.81 bits per heavy atom. The summed E-state index contributed by atoms with van der Waals surface area (Å²) in [5, 5.41) is 0. The van der Waals surface area contributed by atoms with Gasteiger partial charge in [-0.3, -0.25) is 4.40 Å². The molecule has 1 aliphatic rings. The predicted molar refractivity (Wildman–Crippen MR) is 80.9 cm³/mol. The number of carbonyl (C=O) groups excluding carboxylic acids is 1. The maximum Gasteiger partial charge on any atom is 0.356 e. The number of nitrogens with zero attached hydrogens (tertiary/aromatic N) is 4. The van der Waals surface area contributed by atoms with Gasteiger partial charge in [0.1, 0.15) is 5.65 Å². The van der Waals surface area contributed by atoms with Gasteiger partial charge in [-0.25, -0.2) is 9.78 Å². The van der Waals surface area contributed by atoms with Gasteiger partial charge in [-0.2, -0.15) is 0 Å². The quantitative estimate of drug-likeness (QED) is 0.796. The molecular formula is C15H20N4O2. The number of rotatable bonds is 3. The summed E-state index contributed by atoms with van der Waals surface area (Å²) in [5.74, 6) is -0.336. The SMILES string of the molecule is CCOC(=O)c1cnc2cc(N3CCN(C)CC3)ccn12. The number of hydrogen-bond acceptors (Lipinski definition) is 5. The molecule has 0 bridgehead atoms. The number of aromatic nitrogens is 2. The van der Waals surface area contributed by atoms with Crippen molar-refractivity contribution in [3.05, 3.63) is 30.2 Å². The summed E-state index contributed by atoms with van der Waals surface area (Å²) in [4.78, 5) is 20.8. The number of ether oxygens (including phenoxy) is 1. The fourth-order valence-corrected chi connectivity index (χ4v) is 2.59. The Bertz CT molecular complexity index is 644. The van der Waals surface area contributed by atoms with Crippen molar-refractivity contribution in [2.24, 2.45) is 0 Å². The van der Waals surface area contributed by atoms with E-state index in [1.54, 1.807) is 17.5 Å². The van der Waals surface area contributed by atoms with Crippen molar-refractivity contribution in [1.82, 2.24) is 14.3 Å². The average molecular weight is 288 g/mol. The van der Waals surface area contributed by atoms with Gasteiger partial charge in [-0.05, 0) is 20.0 Å². The maximum atomic E-state index is 11.8. The number of piperazine rings is 1. The lowest BCUT2D eigenvalue weighted by atomic mass is 10.2. The first kappa shape index (κ1) is 13.9. The number of carbonyl (C=O) groups is 1. The molecule has 1 aliphatic heterocycles. The Morgan fingerprint density at radius 2 is 2.10 bits per heavy atom. The van der Waals surface area contributed by atoms with Crippen LogP contribution in [-0.4, -0.2) is 60.1 Å². The van der Waals surface area contributed by atoms with Crippen molar-refractivity contribution in [3.8, 4) is 0 Å². The summed E-state index contributed by atoms with van der Waals surface area (Å²) in [6.45, 7) is 6.32. The van der Waals surface area contributed by atoms with Gasteiger partial charge in [-0.1, -0.05) is 0 Å². The number of fused-ring (bicyclic) bond motifs is 1. The summed E-state index contributed by atoms with van der Waals surface area (Å²) in [7, 11) is 2.14. The minimum atomic E-state index is -0.336. The number of esters is 1. The second-order valence-corrected chi connectivity index (χ2v) is 5.27. The molecule has 0 radical (unpaired) electrons. The predicted octanol–water partition coefficient (Wildman–Crippen LogP) is 1.26. The first-order chi connectivity index (χ1) is 10.2. The number of anilines is 1. The Balaban J connectivity index is 1.86. The molecule has 2 aromatic heterocycles. The van der Waals surface area contributed by atoms with Gasteiger partial charge in [0, 0.05) is 44.1 Å².